The van der Waals surface area contributed by atoms with E-state index in [0.717, 1.165) is 4.68 Å². The average Bonchev–Trinajstić information content (AvgIpc) is 2.87. The molecule has 2 rings (SSSR count). The first kappa shape index (κ1) is 21.8. The molecule has 2 aromatic rings. The number of nitrogens with zero attached hydrogens (tertiary/aromatic N) is 2. The zero-order chi connectivity index (χ0) is 20.3. The monoisotopic (exact) mass is 456 g/mol. The van der Waals surface area contributed by atoms with Crippen LogP contribution in [0.1, 0.15) is 23.7 Å². The average molecular weight is 458 g/mol. The van der Waals surface area contributed by atoms with Gasteiger partial charge < -0.3 is 9.47 Å². The van der Waals surface area contributed by atoms with Gasteiger partial charge in [-0.3, -0.25) is 0 Å². The third kappa shape index (κ3) is 5.07. The highest BCUT2D eigenvalue weighted by Gasteiger charge is 2.24. The summed E-state index contributed by atoms with van der Waals surface area (Å²) in [5.74, 6) is -1.06. The second-order valence-corrected chi connectivity index (χ2v) is 7.02. The highest BCUT2D eigenvalue weighted by Crippen LogP contribution is 2.40. The molecule has 27 heavy (non-hydrogen) atoms. The minimum atomic E-state index is -3.08. The van der Waals surface area contributed by atoms with Gasteiger partial charge in [-0.15, -0.1) is 0 Å². The van der Waals surface area contributed by atoms with Crippen LogP contribution in [0, 0.1) is 0 Å². The first-order valence-corrected chi connectivity index (χ1v) is 9.05. The number of carbonyl (C=O) groups is 1. The van der Waals surface area contributed by atoms with Crippen molar-refractivity contribution in [3.8, 4) is 17.1 Å². The molecule has 146 valence electrons. The van der Waals surface area contributed by atoms with Crippen LogP contribution in [-0.2, 0) is 11.8 Å². The lowest BCUT2D eigenvalue weighted by molar-refractivity contribution is -0.0552. The maximum absolute atomic E-state index is 12.5. The van der Waals surface area contributed by atoms with E-state index in [0.29, 0.717) is 11.3 Å². The number of halogens is 5. The fourth-order valence-corrected chi connectivity index (χ4v) is 3.00. The van der Waals surface area contributed by atoms with Gasteiger partial charge in [-0.1, -0.05) is 53.9 Å². The zero-order valence-electron chi connectivity index (χ0n) is 14.1. The Morgan fingerprint density at radius 2 is 1.96 bits per heavy atom. The largest absolute Gasteiger partial charge is 0.457 e. The SMILES string of the molecule is CCC(=S)COC(=O)c1cc(-c2nn(C)c(OC(F)F)c2Cl)c(Cl)cc1Cl. The normalized spacial score (nSPS) is 11.0. The minimum Gasteiger partial charge on any atom is -0.457 e. The fourth-order valence-electron chi connectivity index (χ4n) is 2.08. The van der Waals surface area contributed by atoms with Crippen molar-refractivity contribution in [2.75, 3.05) is 6.61 Å². The summed E-state index contributed by atoms with van der Waals surface area (Å²) in [6.45, 7) is -1.28. The standard InChI is InChI=1S/C16H13Cl3F2N2O3S/c1-3-7(27)6-25-15(24)9-4-8(10(17)5-11(9)18)13-12(19)14(23(2)22-13)26-16(20)21/h4-5,16H,3,6H2,1-2H3. The number of hydrogen-bond acceptors (Lipinski definition) is 5. The minimum absolute atomic E-state index is 0.00742. The van der Waals surface area contributed by atoms with E-state index < -0.39 is 12.6 Å². The lowest BCUT2D eigenvalue weighted by Gasteiger charge is -2.09. The van der Waals surface area contributed by atoms with Gasteiger partial charge in [0.15, 0.2) is 0 Å². The predicted molar refractivity (Wildman–Crippen MR) is 103 cm³/mol. The van der Waals surface area contributed by atoms with Gasteiger partial charge in [0.1, 0.15) is 17.3 Å². The van der Waals surface area contributed by atoms with E-state index in [1.165, 1.54) is 19.2 Å². The zero-order valence-corrected chi connectivity index (χ0v) is 17.1. The van der Waals surface area contributed by atoms with Crippen LogP contribution < -0.4 is 4.74 Å². The fraction of sp³-hybridized carbons (Fsp3) is 0.312. The molecule has 1 aromatic heterocycles. The Hall–Kier alpha value is -1.48. The number of esters is 1. The van der Waals surface area contributed by atoms with Gasteiger partial charge in [-0.2, -0.15) is 13.9 Å². The summed E-state index contributed by atoms with van der Waals surface area (Å²) in [4.78, 5) is 12.9. The molecular weight excluding hydrogens is 445 g/mol. The van der Waals surface area contributed by atoms with E-state index in [1.54, 1.807) is 0 Å². The third-order valence-electron chi connectivity index (χ3n) is 3.43. The van der Waals surface area contributed by atoms with Gasteiger partial charge in [0, 0.05) is 17.5 Å². The summed E-state index contributed by atoms with van der Waals surface area (Å²) in [7, 11) is 1.37. The molecule has 0 fully saturated rings. The molecule has 0 bridgehead atoms. The van der Waals surface area contributed by atoms with Gasteiger partial charge in [0.25, 0.3) is 0 Å². The number of rotatable bonds is 7. The van der Waals surface area contributed by atoms with Crippen molar-refractivity contribution in [3.63, 3.8) is 0 Å². The van der Waals surface area contributed by atoms with Crippen molar-refractivity contribution < 1.29 is 23.0 Å². The van der Waals surface area contributed by atoms with E-state index >= 15 is 0 Å². The summed E-state index contributed by atoms with van der Waals surface area (Å²) < 4.78 is 35.6. The molecule has 0 aliphatic rings. The molecule has 0 unspecified atom stereocenters. The number of carbonyl (C=O) groups excluding carboxylic acids is 1. The first-order chi connectivity index (χ1) is 12.6. The third-order valence-corrected chi connectivity index (χ3v) is 4.80. The smallest absolute Gasteiger partial charge is 0.388 e. The van der Waals surface area contributed by atoms with Crippen molar-refractivity contribution >= 4 is 57.9 Å². The van der Waals surface area contributed by atoms with E-state index in [2.05, 4.69) is 9.84 Å². The number of thiocarbonyl (C=S) groups is 1. The summed E-state index contributed by atoms with van der Waals surface area (Å²) in [5.41, 5.74) is 0.262. The maximum atomic E-state index is 12.5. The Labute approximate surface area is 174 Å². The van der Waals surface area contributed by atoms with Gasteiger partial charge in [-0.05, 0) is 18.6 Å². The number of benzene rings is 1. The molecule has 0 amide bonds. The van der Waals surface area contributed by atoms with Crippen LogP contribution in [0.3, 0.4) is 0 Å². The number of alkyl halides is 2. The summed E-state index contributed by atoms with van der Waals surface area (Å²) in [6, 6.07) is 2.63. The van der Waals surface area contributed by atoms with Crippen LogP contribution in [0.25, 0.3) is 11.3 Å². The molecule has 1 heterocycles. The topological polar surface area (TPSA) is 53.3 Å². The van der Waals surface area contributed by atoms with Crippen molar-refractivity contribution in [2.45, 2.75) is 20.0 Å². The highest BCUT2D eigenvalue weighted by molar-refractivity contribution is 7.80. The van der Waals surface area contributed by atoms with Gasteiger partial charge in [0.2, 0.25) is 5.88 Å². The second kappa shape index (κ2) is 9.14. The van der Waals surface area contributed by atoms with E-state index in [9.17, 15) is 13.6 Å². The summed E-state index contributed by atoms with van der Waals surface area (Å²) in [5, 5.41) is 4.01. The number of aryl methyl sites for hydroxylation is 1. The Balaban J connectivity index is 2.44. The first-order valence-electron chi connectivity index (χ1n) is 7.51. The van der Waals surface area contributed by atoms with E-state index in [4.69, 9.17) is 51.8 Å². The molecule has 0 atom stereocenters. The van der Waals surface area contributed by atoms with Crippen LogP contribution in [0.4, 0.5) is 8.78 Å². The van der Waals surface area contributed by atoms with Gasteiger partial charge >= 0.3 is 12.6 Å². The molecule has 11 heteroatoms. The number of hydrogen-bond donors (Lipinski definition) is 0. The van der Waals surface area contributed by atoms with E-state index in [1.807, 2.05) is 6.92 Å². The number of ether oxygens (including phenoxy) is 2. The lowest BCUT2D eigenvalue weighted by Crippen LogP contribution is -2.12. The lowest BCUT2D eigenvalue weighted by atomic mass is 10.1. The molecule has 0 radical (unpaired) electrons. The molecule has 0 saturated heterocycles. The molecule has 0 aliphatic heterocycles. The Morgan fingerprint density at radius 1 is 1.30 bits per heavy atom. The summed E-state index contributed by atoms with van der Waals surface area (Å²) in [6.07, 6.45) is 0.582. The Kier molecular flexibility index (Phi) is 7.39. The summed E-state index contributed by atoms with van der Waals surface area (Å²) >= 11 is 23.4. The van der Waals surface area contributed by atoms with Crippen LogP contribution in [-0.4, -0.2) is 33.8 Å². The second-order valence-electron chi connectivity index (χ2n) is 5.25. The van der Waals surface area contributed by atoms with Crippen LogP contribution in [0.2, 0.25) is 15.1 Å². The molecule has 0 spiro atoms. The van der Waals surface area contributed by atoms with Gasteiger partial charge in [0.05, 0.1) is 15.6 Å². The molecular formula is C16H13Cl3F2N2O3S. The molecule has 0 saturated carbocycles. The molecule has 0 aliphatic carbocycles. The predicted octanol–water partition coefficient (Wildman–Crippen LogP) is 5.59. The number of aromatic nitrogens is 2. The maximum Gasteiger partial charge on any atom is 0.388 e. The van der Waals surface area contributed by atoms with Crippen molar-refractivity contribution in [1.29, 1.82) is 0 Å². The Morgan fingerprint density at radius 3 is 2.56 bits per heavy atom. The van der Waals surface area contributed by atoms with Crippen LogP contribution >= 0.6 is 47.0 Å². The molecule has 1 aromatic carbocycles. The Bertz CT molecular complexity index is 890. The molecule has 5 nitrogen and oxygen atoms in total. The van der Waals surface area contributed by atoms with Crippen LogP contribution in [0.5, 0.6) is 5.88 Å². The molecule has 0 N–H and O–H groups in total. The quantitative estimate of drug-likeness (QED) is 0.401. The van der Waals surface area contributed by atoms with Crippen molar-refractivity contribution in [3.05, 3.63) is 32.8 Å². The van der Waals surface area contributed by atoms with Crippen molar-refractivity contribution in [1.82, 2.24) is 9.78 Å². The van der Waals surface area contributed by atoms with E-state index in [-0.39, 0.29) is 44.4 Å². The van der Waals surface area contributed by atoms with Gasteiger partial charge in [-0.25, -0.2) is 9.48 Å². The van der Waals surface area contributed by atoms with Crippen LogP contribution in [0.15, 0.2) is 12.1 Å². The highest BCUT2D eigenvalue weighted by atomic mass is 35.5. The van der Waals surface area contributed by atoms with Crippen molar-refractivity contribution in [2.24, 2.45) is 7.05 Å².